The van der Waals surface area contributed by atoms with E-state index in [0.717, 1.165) is 6.20 Å². The molecular formula is C14H8ClF3N4O3S. The Balaban J connectivity index is 1.96. The van der Waals surface area contributed by atoms with Crippen LogP contribution in [0, 0.1) is 0 Å². The van der Waals surface area contributed by atoms with Gasteiger partial charge >= 0.3 is 6.18 Å². The van der Waals surface area contributed by atoms with E-state index in [1.807, 2.05) is 0 Å². The number of alkyl halides is 3. The van der Waals surface area contributed by atoms with Gasteiger partial charge in [0.05, 0.1) is 16.1 Å². The van der Waals surface area contributed by atoms with E-state index in [4.69, 9.17) is 11.6 Å². The van der Waals surface area contributed by atoms with Gasteiger partial charge < -0.3 is 0 Å². The third kappa shape index (κ3) is 3.48. The second-order valence-corrected chi connectivity index (χ2v) is 7.11. The van der Waals surface area contributed by atoms with Gasteiger partial charge in [0.25, 0.3) is 15.9 Å². The van der Waals surface area contributed by atoms with Crippen LogP contribution in [-0.2, 0) is 16.2 Å². The number of halogens is 4. The van der Waals surface area contributed by atoms with E-state index in [0.29, 0.717) is 10.6 Å². The number of carbonyl (C=O) groups is 1. The van der Waals surface area contributed by atoms with Crippen molar-refractivity contribution < 1.29 is 26.4 Å². The Bertz CT molecular complexity index is 1100. The summed E-state index contributed by atoms with van der Waals surface area (Å²) in [6.45, 7) is 0. The molecule has 12 heteroatoms. The maximum absolute atomic E-state index is 12.8. The number of rotatable bonds is 3. The van der Waals surface area contributed by atoms with Crippen molar-refractivity contribution in [1.82, 2.24) is 19.3 Å². The summed E-state index contributed by atoms with van der Waals surface area (Å²) in [5.74, 6) is -1.14. The van der Waals surface area contributed by atoms with Gasteiger partial charge in [-0.3, -0.25) is 4.79 Å². The first-order chi connectivity index (χ1) is 12.1. The average molecular weight is 405 g/mol. The molecule has 1 amide bonds. The lowest BCUT2D eigenvalue weighted by molar-refractivity contribution is -0.141. The molecule has 0 aliphatic carbocycles. The van der Waals surface area contributed by atoms with Gasteiger partial charge in [0, 0.05) is 0 Å². The SMILES string of the molecule is O=C(NS(=O)(=O)c1ccccc1)c1cn2nc(C(F)(F)F)cc(Cl)c2n1. The number of nitrogens with one attached hydrogen (secondary N) is 1. The average Bonchev–Trinajstić information content (AvgIpc) is 2.99. The van der Waals surface area contributed by atoms with Crippen molar-refractivity contribution in [3.63, 3.8) is 0 Å². The molecule has 2 heterocycles. The number of carbonyl (C=O) groups excluding carboxylic acids is 1. The van der Waals surface area contributed by atoms with Gasteiger partial charge in [-0.25, -0.2) is 22.6 Å². The lowest BCUT2D eigenvalue weighted by Crippen LogP contribution is -2.30. The molecule has 0 radical (unpaired) electrons. The third-order valence-corrected chi connectivity index (χ3v) is 4.81. The molecular weight excluding hydrogens is 397 g/mol. The van der Waals surface area contributed by atoms with Crippen molar-refractivity contribution in [1.29, 1.82) is 0 Å². The van der Waals surface area contributed by atoms with E-state index in [-0.39, 0.29) is 10.5 Å². The van der Waals surface area contributed by atoms with Gasteiger partial charge in [0.1, 0.15) is 5.69 Å². The highest BCUT2D eigenvalue weighted by atomic mass is 35.5. The normalized spacial score (nSPS) is 12.3. The second-order valence-electron chi connectivity index (χ2n) is 5.02. The summed E-state index contributed by atoms with van der Waals surface area (Å²) >= 11 is 5.74. The first-order valence-electron chi connectivity index (χ1n) is 6.83. The molecule has 1 N–H and O–H groups in total. The predicted molar refractivity (Wildman–Crippen MR) is 84.1 cm³/mol. The van der Waals surface area contributed by atoms with Crippen LogP contribution in [-0.4, -0.2) is 28.9 Å². The van der Waals surface area contributed by atoms with Gasteiger partial charge in [0.2, 0.25) is 0 Å². The van der Waals surface area contributed by atoms with Gasteiger partial charge in [-0.1, -0.05) is 29.8 Å². The van der Waals surface area contributed by atoms with Crippen LogP contribution in [0.15, 0.2) is 47.5 Å². The van der Waals surface area contributed by atoms with E-state index >= 15 is 0 Å². The Morgan fingerprint density at radius 3 is 2.46 bits per heavy atom. The molecule has 0 spiro atoms. The number of benzene rings is 1. The Morgan fingerprint density at radius 1 is 1.19 bits per heavy atom. The molecule has 0 atom stereocenters. The van der Waals surface area contributed by atoms with Gasteiger partial charge in [0.15, 0.2) is 11.3 Å². The first kappa shape index (κ1) is 18.1. The van der Waals surface area contributed by atoms with E-state index in [1.54, 1.807) is 10.8 Å². The van der Waals surface area contributed by atoms with Crippen LogP contribution in [0.5, 0.6) is 0 Å². The van der Waals surface area contributed by atoms with Crippen molar-refractivity contribution >= 4 is 33.2 Å². The highest BCUT2D eigenvalue weighted by Crippen LogP contribution is 2.30. The fourth-order valence-corrected chi connectivity index (χ4v) is 3.23. The molecule has 136 valence electrons. The van der Waals surface area contributed by atoms with Crippen molar-refractivity contribution in [3.05, 3.63) is 59.0 Å². The zero-order chi connectivity index (χ0) is 19.1. The van der Waals surface area contributed by atoms with Gasteiger partial charge in [-0.2, -0.15) is 18.3 Å². The Kier molecular flexibility index (Phi) is 4.36. The summed E-state index contributed by atoms with van der Waals surface area (Å²) < 4.78 is 65.0. The van der Waals surface area contributed by atoms with Crippen LogP contribution in [0.4, 0.5) is 13.2 Å². The summed E-state index contributed by atoms with van der Waals surface area (Å²) in [5.41, 5.74) is -1.96. The minimum Gasteiger partial charge on any atom is -0.266 e. The summed E-state index contributed by atoms with van der Waals surface area (Å²) in [4.78, 5) is 15.7. The van der Waals surface area contributed by atoms with Crippen molar-refractivity contribution in [2.24, 2.45) is 0 Å². The molecule has 0 unspecified atom stereocenters. The molecule has 0 bridgehead atoms. The summed E-state index contributed by atoms with van der Waals surface area (Å²) in [7, 11) is -4.17. The van der Waals surface area contributed by atoms with Crippen LogP contribution in [0.3, 0.4) is 0 Å². The number of amides is 1. The Morgan fingerprint density at radius 2 is 1.85 bits per heavy atom. The molecule has 7 nitrogen and oxygen atoms in total. The first-order valence-corrected chi connectivity index (χ1v) is 8.69. The molecule has 3 aromatic rings. The van der Waals surface area contributed by atoms with E-state index in [9.17, 15) is 26.4 Å². The monoisotopic (exact) mass is 404 g/mol. The van der Waals surface area contributed by atoms with Crippen LogP contribution < -0.4 is 4.72 Å². The summed E-state index contributed by atoms with van der Waals surface area (Å²) in [6, 6.07) is 7.63. The molecule has 1 aromatic carbocycles. The smallest absolute Gasteiger partial charge is 0.266 e. The minimum atomic E-state index is -4.75. The summed E-state index contributed by atoms with van der Waals surface area (Å²) in [5, 5.41) is 2.89. The number of hydrogen-bond acceptors (Lipinski definition) is 5. The molecule has 2 aromatic heterocycles. The lowest BCUT2D eigenvalue weighted by Gasteiger charge is -2.05. The second kappa shape index (κ2) is 6.25. The predicted octanol–water partition coefficient (Wildman–Crippen LogP) is 2.52. The van der Waals surface area contributed by atoms with Crippen LogP contribution in [0.25, 0.3) is 5.65 Å². The fraction of sp³-hybridized carbons (Fsp3) is 0.0714. The third-order valence-electron chi connectivity index (χ3n) is 3.18. The minimum absolute atomic E-state index is 0.160. The van der Waals surface area contributed by atoms with Crippen molar-refractivity contribution in [2.45, 2.75) is 11.1 Å². The van der Waals surface area contributed by atoms with Gasteiger partial charge in [-0.05, 0) is 18.2 Å². The molecule has 0 aliphatic rings. The number of aromatic nitrogens is 3. The maximum Gasteiger partial charge on any atom is 0.435 e. The number of hydrogen-bond donors (Lipinski definition) is 1. The Hall–Kier alpha value is -2.66. The number of fused-ring (bicyclic) bond motifs is 1. The molecule has 0 saturated heterocycles. The topological polar surface area (TPSA) is 93.4 Å². The highest BCUT2D eigenvalue weighted by molar-refractivity contribution is 7.90. The largest absolute Gasteiger partial charge is 0.435 e. The quantitative estimate of drug-likeness (QED) is 0.724. The number of nitrogens with zero attached hydrogens (tertiary/aromatic N) is 3. The van der Waals surface area contributed by atoms with E-state index in [1.165, 1.54) is 24.3 Å². The lowest BCUT2D eigenvalue weighted by atomic mass is 10.4. The molecule has 0 fully saturated rings. The van der Waals surface area contributed by atoms with Crippen LogP contribution in [0.2, 0.25) is 5.02 Å². The fourth-order valence-electron chi connectivity index (χ4n) is 2.02. The van der Waals surface area contributed by atoms with Crippen LogP contribution >= 0.6 is 11.6 Å². The zero-order valence-electron chi connectivity index (χ0n) is 12.5. The molecule has 0 aliphatic heterocycles. The molecule has 3 rings (SSSR count). The standard InChI is InChI=1S/C14H8ClF3N4O3S/c15-9-6-11(14(16,17)18)20-22-7-10(19-12(9)22)13(23)21-26(24,25)8-4-2-1-3-5-8/h1-7H,(H,21,23). The van der Waals surface area contributed by atoms with Crippen molar-refractivity contribution in [3.8, 4) is 0 Å². The Labute approximate surface area is 149 Å². The zero-order valence-corrected chi connectivity index (χ0v) is 14.1. The van der Waals surface area contributed by atoms with Gasteiger partial charge in [-0.15, -0.1) is 0 Å². The van der Waals surface area contributed by atoms with E-state index < -0.39 is 38.5 Å². The number of imidazole rings is 1. The summed E-state index contributed by atoms with van der Waals surface area (Å²) in [6.07, 6.45) is -3.90. The van der Waals surface area contributed by atoms with Crippen LogP contribution in [0.1, 0.15) is 16.2 Å². The maximum atomic E-state index is 12.8. The molecule has 0 saturated carbocycles. The van der Waals surface area contributed by atoms with Crippen molar-refractivity contribution in [2.75, 3.05) is 0 Å². The highest BCUT2D eigenvalue weighted by Gasteiger charge is 2.34. The van der Waals surface area contributed by atoms with E-state index in [2.05, 4.69) is 10.1 Å². The number of sulfonamides is 1. The molecule has 26 heavy (non-hydrogen) atoms.